The fourth-order valence-electron chi connectivity index (χ4n) is 5.29. The zero-order valence-corrected chi connectivity index (χ0v) is 23.2. The van der Waals surface area contributed by atoms with Gasteiger partial charge in [0.05, 0.1) is 43.6 Å². The number of rotatable bonds is 5. The van der Waals surface area contributed by atoms with Gasteiger partial charge >= 0.3 is 0 Å². The minimum atomic E-state index is -0.346. The quantitative estimate of drug-likeness (QED) is 0.244. The third-order valence-corrected chi connectivity index (χ3v) is 7.51. The van der Waals surface area contributed by atoms with Gasteiger partial charge in [-0.1, -0.05) is 24.3 Å². The number of hydrazine groups is 1. The Kier molecular flexibility index (Phi) is 5.90. The van der Waals surface area contributed by atoms with Crippen molar-refractivity contribution in [2.24, 2.45) is 0 Å². The summed E-state index contributed by atoms with van der Waals surface area (Å²) in [4.78, 5) is 36.0. The highest BCUT2D eigenvalue weighted by Crippen LogP contribution is 2.18. The molecule has 0 aliphatic heterocycles. The second-order valence-corrected chi connectivity index (χ2v) is 9.89. The maximum atomic E-state index is 13.5. The van der Waals surface area contributed by atoms with Crippen molar-refractivity contribution >= 4 is 51.7 Å². The van der Waals surface area contributed by atoms with Crippen molar-refractivity contribution in [3.63, 3.8) is 0 Å². The number of nitrogens with one attached hydrogen (secondary N) is 3. The van der Waals surface area contributed by atoms with E-state index in [-0.39, 0.29) is 38.6 Å². The molecule has 0 amide bonds. The summed E-state index contributed by atoms with van der Waals surface area (Å²) in [5.74, 6) is 0.192. The summed E-state index contributed by atoms with van der Waals surface area (Å²) in [6.45, 7) is 3.37. The van der Waals surface area contributed by atoms with Crippen molar-refractivity contribution in [2.45, 2.75) is 13.8 Å². The molecule has 44 heavy (non-hydrogen) atoms. The summed E-state index contributed by atoms with van der Waals surface area (Å²) in [5, 5.41) is 28.2. The van der Waals surface area contributed by atoms with Crippen molar-refractivity contribution < 1.29 is 0 Å². The molecule has 2 aromatic carbocycles. The van der Waals surface area contributed by atoms with Crippen LogP contribution in [0.3, 0.4) is 0 Å². The second kappa shape index (κ2) is 9.93. The van der Waals surface area contributed by atoms with Crippen LogP contribution in [0.5, 0.6) is 0 Å². The van der Waals surface area contributed by atoms with Crippen LogP contribution < -0.4 is 37.8 Å². The summed E-state index contributed by atoms with van der Waals surface area (Å²) in [6.07, 6.45) is 4.27. The Balaban J connectivity index is 1.25. The monoisotopic (exact) mass is 580 g/mol. The van der Waals surface area contributed by atoms with Gasteiger partial charge in [0.15, 0.2) is 11.3 Å². The molecule has 0 fully saturated rings. The Morgan fingerprint density at radius 3 is 1.84 bits per heavy atom. The van der Waals surface area contributed by atoms with Crippen LogP contribution in [0.4, 0.5) is 5.95 Å². The third-order valence-electron chi connectivity index (χ3n) is 7.51. The van der Waals surface area contributed by atoms with E-state index in [2.05, 4.69) is 48.6 Å². The molecular formula is C30H20N12O2. The van der Waals surface area contributed by atoms with Crippen molar-refractivity contribution in [3.05, 3.63) is 108 Å². The fourth-order valence-corrected chi connectivity index (χ4v) is 5.29. The molecule has 0 atom stereocenters. The number of benzene rings is 2. The Morgan fingerprint density at radius 1 is 0.773 bits per heavy atom. The predicted octanol–water partition coefficient (Wildman–Crippen LogP) is 0.735. The molecule has 0 aliphatic rings. The van der Waals surface area contributed by atoms with Gasteiger partial charge in [-0.25, -0.2) is 14.6 Å². The van der Waals surface area contributed by atoms with Crippen molar-refractivity contribution in [2.75, 3.05) is 10.9 Å². The summed E-state index contributed by atoms with van der Waals surface area (Å²) >= 11 is 0. The number of para-hydroxylation sites is 4. The standard InChI is InChI=1S/C30H20N12O2/c1-16-18(11-31)26-36-22-7-3-5-9-24(22)41(26)28(43)20(16)13-33-38-30-39-34-15-40(30)35-14-21-17(2)19(12-32)27-37-23-8-4-6-10-25(23)42(27)29(21)44/h3-10,13-15,33,35H,1-2H3,(H,38,39). The van der Waals surface area contributed by atoms with E-state index in [1.165, 1.54) is 32.2 Å². The number of fused-ring (bicyclic) bond motifs is 6. The summed E-state index contributed by atoms with van der Waals surface area (Å²) in [7, 11) is 0. The average Bonchev–Trinajstić information content (AvgIpc) is 3.74. The van der Waals surface area contributed by atoms with Gasteiger partial charge < -0.3 is 5.43 Å². The summed E-state index contributed by atoms with van der Waals surface area (Å²) < 4.78 is 4.25. The predicted molar refractivity (Wildman–Crippen MR) is 162 cm³/mol. The molecule has 5 heterocycles. The van der Waals surface area contributed by atoms with Crippen LogP contribution in [0.2, 0.25) is 0 Å². The van der Waals surface area contributed by atoms with Crippen LogP contribution in [0.15, 0.2) is 64.4 Å². The van der Waals surface area contributed by atoms with Gasteiger partial charge in [0.1, 0.15) is 18.5 Å². The molecule has 0 saturated carbocycles. The van der Waals surface area contributed by atoms with E-state index in [1.54, 1.807) is 50.2 Å². The zero-order chi connectivity index (χ0) is 30.5. The Labute approximate surface area is 246 Å². The Bertz CT molecular complexity index is 2640. The highest BCUT2D eigenvalue weighted by atomic mass is 16.1. The number of nitriles is 2. The van der Waals surface area contributed by atoms with Crippen molar-refractivity contribution in [3.8, 4) is 12.1 Å². The molecule has 5 aromatic heterocycles. The first-order valence-electron chi connectivity index (χ1n) is 13.3. The van der Waals surface area contributed by atoms with Gasteiger partial charge in [-0.05, 0) is 49.2 Å². The van der Waals surface area contributed by atoms with Crippen LogP contribution in [-0.2, 0) is 0 Å². The molecule has 14 nitrogen and oxygen atoms in total. The van der Waals surface area contributed by atoms with Gasteiger partial charge in [0.25, 0.3) is 17.1 Å². The SMILES string of the molecule is Cc1c(C#N)c2nc3ccccc3n2c(=O)c1=CNNc1nncn1NC=c1c(C)c(C#N)c2nc3ccccc3n2c1=O. The van der Waals surface area contributed by atoms with Gasteiger partial charge in [-0.2, -0.15) is 10.5 Å². The minimum Gasteiger partial charge on any atom is -0.305 e. The van der Waals surface area contributed by atoms with E-state index >= 15 is 0 Å². The topological polar surface area (TPSA) is 183 Å². The molecule has 14 heteroatoms. The molecular weight excluding hydrogens is 560 g/mol. The van der Waals surface area contributed by atoms with E-state index < -0.39 is 0 Å². The number of imidazole rings is 2. The van der Waals surface area contributed by atoms with Crippen LogP contribution in [-0.4, -0.2) is 33.6 Å². The number of aromatic nitrogens is 7. The maximum absolute atomic E-state index is 13.5. The fraction of sp³-hybridized carbons (Fsp3) is 0.0667. The van der Waals surface area contributed by atoms with Gasteiger partial charge in [0, 0.05) is 12.4 Å². The highest BCUT2D eigenvalue weighted by Gasteiger charge is 2.17. The normalized spacial score (nSPS) is 12.3. The average molecular weight is 581 g/mol. The number of nitrogens with zero attached hydrogens (tertiary/aromatic N) is 9. The Hall–Kier alpha value is -6.80. The number of hydrogen-bond donors (Lipinski definition) is 3. The third kappa shape index (κ3) is 3.79. The van der Waals surface area contributed by atoms with E-state index in [1.807, 2.05) is 12.1 Å². The van der Waals surface area contributed by atoms with E-state index in [4.69, 9.17) is 0 Å². The van der Waals surface area contributed by atoms with Crippen LogP contribution in [0.25, 0.3) is 45.8 Å². The number of pyridine rings is 2. The first-order chi connectivity index (χ1) is 21.4. The molecule has 0 bridgehead atoms. The molecule has 3 N–H and O–H groups in total. The second-order valence-electron chi connectivity index (χ2n) is 9.89. The van der Waals surface area contributed by atoms with Crippen LogP contribution in [0.1, 0.15) is 22.3 Å². The van der Waals surface area contributed by atoms with E-state index in [0.717, 1.165) is 0 Å². The van der Waals surface area contributed by atoms with Crippen molar-refractivity contribution in [1.82, 2.24) is 39.1 Å². The van der Waals surface area contributed by atoms with Gasteiger partial charge in [-0.15, -0.1) is 10.2 Å². The molecule has 0 spiro atoms. The first-order valence-corrected chi connectivity index (χ1v) is 13.3. The molecule has 212 valence electrons. The molecule has 7 rings (SSSR count). The smallest absolute Gasteiger partial charge is 0.265 e. The lowest BCUT2D eigenvalue weighted by Crippen LogP contribution is -2.37. The van der Waals surface area contributed by atoms with Crippen LogP contribution >= 0.6 is 0 Å². The minimum absolute atomic E-state index is 0.192. The lowest BCUT2D eigenvalue weighted by atomic mass is 10.1. The molecule has 7 aromatic rings. The van der Waals surface area contributed by atoms with Gasteiger partial charge in [0.2, 0.25) is 0 Å². The summed E-state index contributed by atoms with van der Waals surface area (Å²) in [6, 6.07) is 18.7. The molecule has 0 saturated heterocycles. The van der Waals surface area contributed by atoms with E-state index in [9.17, 15) is 20.1 Å². The Morgan fingerprint density at radius 2 is 1.30 bits per heavy atom. The lowest BCUT2D eigenvalue weighted by Gasteiger charge is -2.09. The van der Waals surface area contributed by atoms with Crippen LogP contribution in [0, 0.1) is 36.5 Å². The maximum Gasteiger partial charge on any atom is 0.265 e. The van der Waals surface area contributed by atoms with E-state index in [0.29, 0.717) is 44.5 Å². The molecule has 0 radical (unpaired) electrons. The van der Waals surface area contributed by atoms with Crippen molar-refractivity contribution in [1.29, 1.82) is 10.5 Å². The largest absolute Gasteiger partial charge is 0.305 e. The molecule has 0 aliphatic carbocycles. The summed E-state index contributed by atoms with van der Waals surface area (Å²) in [5.41, 5.74) is 12.5. The number of hydrogen-bond acceptors (Lipinski definition) is 11. The number of anilines is 1. The van der Waals surface area contributed by atoms with Gasteiger partial charge in [-0.3, -0.25) is 29.2 Å². The zero-order valence-electron chi connectivity index (χ0n) is 23.2. The lowest BCUT2D eigenvalue weighted by molar-refractivity contribution is 0.929. The highest BCUT2D eigenvalue weighted by molar-refractivity contribution is 5.83. The first kappa shape index (κ1) is 26.1. The molecule has 0 unspecified atom stereocenters.